The van der Waals surface area contributed by atoms with Crippen LogP contribution in [-0.2, 0) is 0 Å². The predicted octanol–water partition coefficient (Wildman–Crippen LogP) is 2.83. The van der Waals surface area contributed by atoms with E-state index in [0.29, 0.717) is 6.04 Å². The number of hydrazine groups is 1. The molecule has 6 heteroatoms. The zero-order valence-corrected chi connectivity index (χ0v) is 17.5. The molecule has 1 aromatic carbocycles. The fourth-order valence-electron chi connectivity index (χ4n) is 4.78. The van der Waals surface area contributed by atoms with Gasteiger partial charge in [-0.15, -0.1) is 11.3 Å². The first-order valence-electron chi connectivity index (χ1n) is 10.1. The summed E-state index contributed by atoms with van der Waals surface area (Å²) in [6.45, 7) is 6.84. The number of methoxy groups -OCH3 is 1. The van der Waals surface area contributed by atoms with Gasteiger partial charge in [0.05, 0.1) is 55.7 Å². The van der Waals surface area contributed by atoms with Crippen molar-refractivity contribution in [2.75, 3.05) is 20.2 Å². The Kier molecular flexibility index (Phi) is 4.38. The Morgan fingerprint density at radius 1 is 1.25 bits per heavy atom. The van der Waals surface area contributed by atoms with Crippen molar-refractivity contribution in [3.63, 3.8) is 0 Å². The second-order valence-electron chi connectivity index (χ2n) is 8.22. The smallest absolute Gasteiger partial charge is 0.191 e. The highest BCUT2D eigenvalue weighted by Gasteiger charge is 2.53. The summed E-state index contributed by atoms with van der Waals surface area (Å²) in [5.74, 6) is 1.73. The minimum Gasteiger partial charge on any atom is -0.493 e. The summed E-state index contributed by atoms with van der Waals surface area (Å²) in [7, 11) is 1.73. The number of thiophene rings is 1. The first kappa shape index (κ1) is 18.0. The van der Waals surface area contributed by atoms with Crippen LogP contribution >= 0.6 is 11.3 Å². The van der Waals surface area contributed by atoms with Crippen molar-refractivity contribution in [2.45, 2.75) is 44.5 Å². The molecule has 1 aromatic heterocycles. The van der Waals surface area contributed by atoms with Crippen LogP contribution in [0.4, 0.5) is 0 Å². The van der Waals surface area contributed by atoms with Crippen molar-refractivity contribution in [3.8, 4) is 11.5 Å². The number of hydrogen-bond donors (Lipinski definition) is 2. The van der Waals surface area contributed by atoms with Crippen molar-refractivity contribution < 1.29 is 14.4 Å². The molecule has 1 fully saturated rings. The van der Waals surface area contributed by atoms with Gasteiger partial charge in [0.2, 0.25) is 0 Å². The molecule has 5 nitrogen and oxygen atoms in total. The number of ether oxygens (including phenoxy) is 2. The number of quaternary nitrogens is 1. The maximum Gasteiger partial charge on any atom is 0.191 e. The van der Waals surface area contributed by atoms with Gasteiger partial charge in [-0.3, -0.25) is 0 Å². The lowest BCUT2D eigenvalue weighted by molar-refractivity contribution is -0.929. The molecule has 2 aromatic rings. The summed E-state index contributed by atoms with van der Waals surface area (Å²) in [5, 5.41) is 4.49. The van der Waals surface area contributed by atoms with E-state index in [4.69, 9.17) is 9.47 Å². The predicted molar refractivity (Wildman–Crippen MR) is 111 cm³/mol. The van der Waals surface area contributed by atoms with Crippen LogP contribution in [0.2, 0.25) is 0 Å². The molecule has 28 heavy (non-hydrogen) atoms. The van der Waals surface area contributed by atoms with Crippen molar-refractivity contribution in [3.05, 3.63) is 52.2 Å². The van der Waals surface area contributed by atoms with E-state index in [9.17, 15) is 0 Å². The third-order valence-corrected chi connectivity index (χ3v) is 7.30. The van der Waals surface area contributed by atoms with Gasteiger partial charge in [-0.2, -0.15) is 5.01 Å². The van der Waals surface area contributed by atoms with E-state index in [2.05, 4.69) is 60.0 Å². The summed E-state index contributed by atoms with van der Waals surface area (Å²) in [4.78, 5) is 2.92. The fourth-order valence-corrected chi connectivity index (χ4v) is 5.48. The molecule has 4 heterocycles. The van der Waals surface area contributed by atoms with Crippen LogP contribution in [0, 0.1) is 0 Å². The summed E-state index contributed by atoms with van der Waals surface area (Å²) < 4.78 is 12.5. The topological polar surface area (TPSA) is 38.2 Å². The van der Waals surface area contributed by atoms with Gasteiger partial charge in [0, 0.05) is 5.56 Å². The van der Waals surface area contributed by atoms with Crippen LogP contribution < -0.4 is 19.8 Å². The van der Waals surface area contributed by atoms with Crippen LogP contribution in [0.25, 0.3) is 5.70 Å². The van der Waals surface area contributed by atoms with Gasteiger partial charge < -0.3 is 19.8 Å². The maximum absolute atomic E-state index is 6.79. The molecule has 5 rings (SSSR count). The van der Waals surface area contributed by atoms with E-state index in [1.807, 2.05) is 6.07 Å². The Bertz CT molecular complexity index is 885. The summed E-state index contributed by atoms with van der Waals surface area (Å²) in [6.07, 6.45) is 4.33. The molecule has 3 aliphatic rings. The quantitative estimate of drug-likeness (QED) is 0.834. The van der Waals surface area contributed by atoms with Crippen LogP contribution in [0.15, 0.2) is 41.8 Å². The van der Waals surface area contributed by atoms with Gasteiger partial charge in [-0.25, -0.2) is 0 Å². The van der Waals surface area contributed by atoms with E-state index >= 15 is 0 Å². The van der Waals surface area contributed by atoms with Gasteiger partial charge in [0.15, 0.2) is 17.2 Å². The molecule has 2 N–H and O–H groups in total. The van der Waals surface area contributed by atoms with Gasteiger partial charge in [0.1, 0.15) is 0 Å². The zero-order valence-electron chi connectivity index (χ0n) is 16.7. The second-order valence-corrected chi connectivity index (χ2v) is 9.17. The SMILES string of the molecule is COc1cccc2c1OC1(CC[NH+](C(C)C)CC1)N1NC(c3cccs3)=C[C@@H]21. The van der Waals surface area contributed by atoms with Crippen molar-refractivity contribution >= 4 is 17.0 Å². The lowest BCUT2D eigenvalue weighted by atomic mass is 9.92. The molecule has 0 bridgehead atoms. The number of nitrogens with zero attached hydrogens (tertiary/aromatic N) is 1. The molecular formula is C22H28N3O2S+. The number of nitrogens with one attached hydrogen (secondary N) is 2. The number of benzene rings is 1. The normalized spacial score (nSPS) is 29.1. The Hall–Kier alpha value is -2.02. The maximum atomic E-state index is 6.79. The van der Waals surface area contributed by atoms with E-state index in [-0.39, 0.29) is 11.8 Å². The first-order chi connectivity index (χ1) is 13.6. The molecular weight excluding hydrogens is 370 g/mol. The standard InChI is InChI=1S/C22H27N3O2S/c1-15(2)24-11-9-22(10-12-24)25-18(14-17(23-25)20-8-5-13-28-20)16-6-4-7-19(26-3)21(16)27-22/h4-8,13-15,18,23H,9-12H2,1-3H3/p+1/t18-/m0/s1. The van der Waals surface area contributed by atoms with E-state index in [1.165, 1.54) is 16.1 Å². The second kappa shape index (κ2) is 6.79. The number of fused-ring (bicyclic) bond motifs is 4. The lowest BCUT2D eigenvalue weighted by Crippen LogP contribution is -3.16. The van der Waals surface area contributed by atoms with E-state index in [0.717, 1.165) is 37.4 Å². The Labute approximate surface area is 170 Å². The van der Waals surface area contributed by atoms with Gasteiger partial charge in [0.25, 0.3) is 0 Å². The molecule has 148 valence electrons. The van der Waals surface area contributed by atoms with Crippen molar-refractivity contribution in [1.29, 1.82) is 0 Å². The van der Waals surface area contributed by atoms with Gasteiger partial charge in [-0.1, -0.05) is 18.2 Å². The molecule has 1 atom stereocenters. The largest absolute Gasteiger partial charge is 0.493 e. The summed E-state index contributed by atoms with van der Waals surface area (Å²) >= 11 is 1.77. The molecule has 0 unspecified atom stereocenters. The molecule has 0 radical (unpaired) electrons. The summed E-state index contributed by atoms with van der Waals surface area (Å²) in [5.41, 5.74) is 5.71. The van der Waals surface area contributed by atoms with Gasteiger partial charge in [-0.05, 0) is 37.4 Å². The average molecular weight is 399 g/mol. The minimum atomic E-state index is -0.347. The number of hydrogen-bond acceptors (Lipinski definition) is 5. The molecule has 0 amide bonds. The Morgan fingerprint density at radius 3 is 2.75 bits per heavy atom. The number of para-hydroxylation sites is 1. The fraction of sp³-hybridized carbons (Fsp3) is 0.455. The molecule has 1 spiro atoms. The average Bonchev–Trinajstić information content (AvgIpc) is 3.38. The highest BCUT2D eigenvalue weighted by Crippen LogP contribution is 2.50. The molecule has 1 saturated heterocycles. The molecule has 0 saturated carbocycles. The highest BCUT2D eigenvalue weighted by molar-refractivity contribution is 7.11. The number of rotatable bonds is 3. The number of likely N-dealkylation sites (tertiary alicyclic amines) is 1. The van der Waals surface area contributed by atoms with Gasteiger partial charge >= 0.3 is 0 Å². The van der Waals surface area contributed by atoms with E-state index < -0.39 is 0 Å². The van der Waals surface area contributed by atoms with E-state index in [1.54, 1.807) is 23.3 Å². The summed E-state index contributed by atoms with van der Waals surface area (Å²) in [6, 6.07) is 11.3. The zero-order chi connectivity index (χ0) is 19.3. The molecule has 0 aliphatic carbocycles. The van der Waals surface area contributed by atoms with Crippen LogP contribution in [-0.4, -0.2) is 37.0 Å². The third-order valence-electron chi connectivity index (χ3n) is 6.40. The number of piperidine rings is 1. The monoisotopic (exact) mass is 398 g/mol. The van der Waals surface area contributed by atoms with Crippen molar-refractivity contribution in [2.24, 2.45) is 0 Å². The molecule has 3 aliphatic heterocycles. The Morgan fingerprint density at radius 2 is 2.07 bits per heavy atom. The highest BCUT2D eigenvalue weighted by atomic mass is 32.1. The minimum absolute atomic E-state index is 0.150. The Balaban J connectivity index is 1.56. The van der Waals surface area contributed by atoms with Crippen LogP contribution in [0.5, 0.6) is 11.5 Å². The van der Waals surface area contributed by atoms with Crippen LogP contribution in [0.3, 0.4) is 0 Å². The van der Waals surface area contributed by atoms with Crippen LogP contribution in [0.1, 0.15) is 43.2 Å². The first-order valence-corrected chi connectivity index (χ1v) is 11.0. The third kappa shape index (κ3) is 2.74. The van der Waals surface area contributed by atoms with Crippen molar-refractivity contribution in [1.82, 2.24) is 10.4 Å². The lowest BCUT2D eigenvalue weighted by Gasteiger charge is -2.51.